The van der Waals surface area contributed by atoms with Crippen LogP contribution in [0, 0.1) is 12.7 Å². The van der Waals surface area contributed by atoms with E-state index in [1.807, 2.05) is 61.5 Å². The topological polar surface area (TPSA) is 49.4 Å². The Bertz CT molecular complexity index is 1040. The van der Waals surface area contributed by atoms with E-state index < -0.39 is 11.9 Å². The summed E-state index contributed by atoms with van der Waals surface area (Å²) < 4.78 is 14.2. The van der Waals surface area contributed by atoms with Gasteiger partial charge in [-0.2, -0.15) is 0 Å². The molecule has 1 atom stereocenters. The van der Waals surface area contributed by atoms with Crippen molar-refractivity contribution in [1.29, 1.82) is 0 Å². The number of aryl methyl sites for hydroxylation is 1. The van der Waals surface area contributed by atoms with Gasteiger partial charge in [-0.3, -0.25) is 9.59 Å². The molecule has 0 aliphatic heterocycles. The summed E-state index contributed by atoms with van der Waals surface area (Å²) >= 11 is 0. The van der Waals surface area contributed by atoms with E-state index in [1.165, 1.54) is 6.07 Å². The maximum atomic E-state index is 14.2. The third kappa shape index (κ3) is 5.79. The van der Waals surface area contributed by atoms with Crippen molar-refractivity contribution < 1.29 is 14.0 Å². The molecule has 0 saturated heterocycles. The minimum Gasteiger partial charge on any atom is -0.357 e. The monoisotopic (exact) mass is 418 g/mol. The van der Waals surface area contributed by atoms with Crippen LogP contribution < -0.4 is 5.32 Å². The number of amides is 2. The van der Waals surface area contributed by atoms with E-state index in [0.717, 1.165) is 16.7 Å². The molecule has 0 bridgehead atoms. The first kappa shape index (κ1) is 22.2. The largest absolute Gasteiger partial charge is 0.357 e. The molecule has 3 aromatic rings. The number of hydrogen-bond donors (Lipinski definition) is 1. The zero-order chi connectivity index (χ0) is 22.2. The van der Waals surface area contributed by atoms with E-state index in [-0.39, 0.29) is 24.8 Å². The Morgan fingerprint density at radius 1 is 0.903 bits per heavy atom. The van der Waals surface area contributed by atoms with Crippen molar-refractivity contribution in [2.45, 2.75) is 32.4 Å². The first-order chi connectivity index (χ1) is 15.0. The lowest BCUT2D eigenvalue weighted by atomic mass is 10.0. The van der Waals surface area contributed by atoms with Gasteiger partial charge in [0, 0.05) is 20.0 Å². The van der Waals surface area contributed by atoms with Crippen molar-refractivity contribution >= 4 is 11.8 Å². The van der Waals surface area contributed by atoms with Gasteiger partial charge < -0.3 is 10.2 Å². The van der Waals surface area contributed by atoms with Crippen molar-refractivity contribution in [2.75, 3.05) is 7.05 Å². The molecule has 0 unspecified atom stereocenters. The molecule has 0 spiro atoms. The van der Waals surface area contributed by atoms with Crippen LogP contribution >= 0.6 is 0 Å². The highest BCUT2D eigenvalue weighted by Crippen LogP contribution is 2.19. The van der Waals surface area contributed by atoms with E-state index in [1.54, 1.807) is 30.1 Å². The summed E-state index contributed by atoms with van der Waals surface area (Å²) in [5.41, 5.74) is 3.25. The summed E-state index contributed by atoms with van der Waals surface area (Å²) in [6.45, 7) is 2.24. The van der Waals surface area contributed by atoms with Gasteiger partial charge in [0.25, 0.3) is 0 Å². The predicted molar refractivity (Wildman–Crippen MR) is 120 cm³/mol. The molecular formula is C26H27FN2O2. The number of carbonyl (C=O) groups excluding carboxylic acids is 2. The number of rotatable bonds is 8. The Hall–Kier alpha value is -3.47. The van der Waals surface area contributed by atoms with Crippen LogP contribution in [0.2, 0.25) is 0 Å². The number of benzene rings is 3. The van der Waals surface area contributed by atoms with E-state index in [9.17, 15) is 14.0 Å². The average molecular weight is 419 g/mol. The Balaban J connectivity index is 1.97. The van der Waals surface area contributed by atoms with E-state index in [2.05, 4.69) is 5.32 Å². The molecule has 0 heterocycles. The van der Waals surface area contributed by atoms with Crippen molar-refractivity contribution in [3.63, 3.8) is 0 Å². The van der Waals surface area contributed by atoms with Crippen LogP contribution in [0.15, 0.2) is 78.9 Å². The molecule has 0 radical (unpaired) electrons. The van der Waals surface area contributed by atoms with Crippen molar-refractivity contribution in [3.8, 4) is 0 Å². The third-order valence-corrected chi connectivity index (χ3v) is 5.42. The van der Waals surface area contributed by atoms with Crippen LogP contribution in [0.5, 0.6) is 0 Å². The van der Waals surface area contributed by atoms with Gasteiger partial charge in [-0.1, -0.05) is 72.8 Å². The molecule has 0 aliphatic carbocycles. The minimum atomic E-state index is -0.716. The molecule has 4 nitrogen and oxygen atoms in total. The maximum Gasteiger partial charge on any atom is 0.242 e. The molecule has 3 rings (SSSR count). The maximum absolute atomic E-state index is 14.2. The van der Waals surface area contributed by atoms with Crippen molar-refractivity contribution in [3.05, 3.63) is 107 Å². The van der Waals surface area contributed by atoms with Gasteiger partial charge in [0.1, 0.15) is 11.9 Å². The number of hydrogen-bond acceptors (Lipinski definition) is 2. The molecular weight excluding hydrogens is 391 g/mol. The molecule has 160 valence electrons. The number of halogens is 1. The predicted octanol–water partition coefficient (Wildman–Crippen LogP) is 4.06. The van der Waals surface area contributed by atoms with Crippen LogP contribution in [0.25, 0.3) is 0 Å². The van der Waals surface area contributed by atoms with Gasteiger partial charge in [-0.05, 0) is 35.2 Å². The number of likely N-dealkylation sites (N-methyl/N-ethyl adjacent to an activating group) is 1. The molecule has 5 heteroatoms. The van der Waals surface area contributed by atoms with E-state index in [0.29, 0.717) is 12.0 Å². The lowest BCUT2D eigenvalue weighted by molar-refractivity contribution is -0.140. The van der Waals surface area contributed by atoms with Gasteiger partial charge in [0.2, 0.25) is 11.8 Å². The lowest BCUT2D eigenvalue weighted by Gasteiger charge is -2.31. The van der Waals surface area contributed by atoms with E-state index >= 15 is 0 Å². The highest BCUT2D eigenvalue weighted by Gasteiger charge is 2.30. The van der Waals surface area contributed by atoms with Crippen molar-refractivity contribution in [2.24, 2.45) is 0 Å². The first-order valence-electron chi connectivity index (χ1n) is 10.3. The molecule has 3 aromatic carbocycles. The smallest absolute Gasteiger partial charge is 0.242 e. The minimum absolute atomic E-state index is 0.110. The summed E-state index contributed by atoms with van der Waals surface area (Å²) in [7, 11) is 1.56. The number of nitrogens with one attached hydrogen (secondary N) is 1. The van der Waals surface area contributed by atoms with Crippen LogP contribution in [0.3, 0.4) is 0 Å². The zero-order valence-electron chi connectivity index (χ0n) is 17.8. The zero-order valence-corrected chi connectivity index (χ0v) is 17.8. The number of carbonyl (C=O) groups is 2. The van der Waals surface area contributed by atoms with Gasteiger partial charge in [0.05, 0.1) is 6.42 Å². The fraction of sp³-hybridized carbons (Fsp3) is 0.231. The molecule has 31 heavy (non-hydrogen) atoms. The number of nitrogens with zero attached hydrogens (tertiary/aromatic N) is 1. The van der Waals surface area contributed by atoms with Crippen LogP contribution in [-0.2, 0) is 29.0 Å². The average Bonchev–Trinajstić information content (AvgIpc) is 2.79. The van der Waals surface area contributed by atoms with Crippen molar-refractivity contribution in [1.82, 2.24) is 10.2 Å². The third-order valence-electron chi connectivity index (χ3n) is 5.42. The second kappa shape index (κ2) is 10.5. The molecule has 0 saturated carbocycles. The van der Waals surface area contributed by atoms with Crippen LogP contribution in [0.1, 0.15) is 22.3 Å². The first-order valence-corrected chi connectivity index (χ1v) is 10.3. The SMILES string of the molecule is CNC(=O)[C@@H](Cc1ccccc1)N(Cc1ccccc1C)C(=O)Cc1ccccc1F. The lowest BCUT2D eigenvalue weighted by Crippen LogP contribution is -2.50. The van der Waals surface area contributed by atoms with Crippen LogP contribution in [-0.4, -0.2) is 29.8 Å². The standard InChI is InChI=1S/C26H27FN2O2/c1-19-10-6-7-14-22(19)18-29(25(30)17-21-13-8-9-15-23(21)27)24(26(31)28-2)16-20-11-4-3-5-12-20/h3-15,24H,16-18H2,1-2H3,(H,28,31)/t24-/m1/s1. The summed E-state index contributed by atoms with van der Waals surface area (Å²) in [5.74, 6) is -0.969. The quantitative estimate of drug-likeness (QED) is 0.600. The summed E-state index contributed by atoms with van der Waals surface area (Å²) in [6, 6.07) is 22.9. The Kier molecular flexibility index (Phi) is 7.55. The van der Waals surface area contributed by atoms with Gasteiger partial charge >= 0.3 is 0 Å². The second-order valence-electron chi connectivity index (χ2n) is 7.54. The molecule has 0 fully saturated rings. The Morgan fingerprint density at radius 3 is 2.16 bits per heavy atom. The fourth-order valence-corrected chi connectivity index (χ4v) is 3.60. The highest BCUT2D eigenvalue weighted by molar-refractivity contribution is 5.88. The highest BCUT2D eigenvalue weighted by atomic mass is 19.1. The fourth-order valence-electron chi connectivity index (χ4n) is 3.60. The van der Waals surface area contributed by atoms with Gasteiger partial charge in [-0.15, -0.1) is 0 Å². The Labute approximate surface area is 182 Å². The second-order valence-corrected chi connectivity index (χ2v) is 7.54. The normalized spacial score (nSPS) is 11.6. The molecule has 0 aromatic heterocycles. The van der Waals surface area contributed by atoms with E-state index in [4.69, 9.17) is 0 Å². The summed E-state index contributed by atoms with van der Waals surface area (Å²) in [6.07, 6.45) is 0.260. The molecule has 0 aliphatic rings. The van der Waals surface area contributed by atoms with Gasteiger partial charge in [0.15, 0.2) is 0 Å². The van der Waals surface area contributed by atoms with Crippen LogP contribution in [0.4, 0.5) is 4.39 Å². The summed E-state index contributed by atoms with van der Waals surface area (Å²) in [4.78, 5) is 27.9. The molecule has 1 N–H and O–H groups in total. The summed E-state index contributed by atoms with van der Waals surface area (Å²) in [5, 5.41) is 2.69. The van der Waals surface area contributed by atoms with Gasteiger partial charge in [-0.25, -0.2) is 4.39 Å². The Morgan fingerprint density at radius 2 is 1.52 bits per heavy atom. The molecule has 2 amide bonds.